The van der Waals surface area contributed by atoms with E-state index >= 15 is 0 Å². The van der Waals surface area contributed by atoms with Gasteiger partial charge in [0, 0.05) is 5.69 Å². The highest BCUT2D eigenvalue weighted by Crippen LogP contribution is 2.34. The van der Waals surface area contributed by atoms with Crippen molar-refractivity contribution in [3.8, 4) is 6.07 Å². The Labute approximate surface area is 156 Å². The number of carbonyl (C=O) groups excluding carboxylic acids is 1. The van der Waals surface area contributed by atoms with Crippen LogP contribution < -0.4 is 10.6 Å². The lowest BCUT2D eigenvalue weighted by Crippen LogP contribution is -2.21. The second kappa shape index (κ2) is 7.34. The molecule has 0 fully saturated rings. The molecule has 2 aromatic rings. The van der Waals surface area contributed by atoms with Gasteiger partial charge in [-0.05, 0) is 62.3 Å². The summed E-state index contributed by atoms with van der Waals surface area (Å²) in [5, 5.41) is 15.8. The Bertz CT molecular complexity index is 941. The van der Waals surface area contributed by atoms with Gasteiger partial charge in [0.1, 0.15) is 11.1 Å². The summed E-state index contributed by atoms with van der Waals surface area (Å²) in [5.74, 6) is 0. The second-order valence-electron chi connectivity index (χ2n) is 6.27. The lowest BCUT2D eigenvalue weighted by Gasteiger charge is -2.19. The van der Waals surface area contributed by atoms with Gasteiger partial charge in [-0.2, -0.15) is 5.26 Å². The fourth-order valence-corrected chi connectivity index (χ4v) is 4.59. The third-order valence-electron chi connectivity index (χ3n) is 4.41. The molecule has 0 unspecified atom stereocenters. The van der Waals surface area contributed by atoms with Crippen LogP contribution in [0.2, 0.25) is 0 Å². The molecule has 0 aliphatic heterocycles. The van der Waals surface area contributed by atoms with Crippen molar-refractivity contribution >= 4 is 40.3 Å². The third-order valence-corrected chi connectivity index (χ3v) is 5.85. The number of amides is 2. The minimum absolute atomic E-state index is 0.357. The molecule has 1 aliphatic rings. The van der Waals surface area contributed by atoms with Crippen molar-refractivity contribution in [2.45, 2.75) is 39.5 Å². The molecular formula is C19H19N3OS2. The number of hydrogen-bond donors (Lipinski definition) is 2. The van der Waals surface area contributed by atoms with Crippen LogP contribution in [0.25, 0.3) is 0 Å². The highest BCUT2D eigenvalue weighted by molar-refractivity contribution is 7.73. The van der Waals surface area contributed by atoms with Gasteiger partial charge >= 0.3 is 6.03 Å². The molecule has 1 aromatic carbocycles. The van der Waals surface area contributed by atoms with Crippen LogP contribution in [0.5, 0.6) is 0 Å². The van der Waals surface area contributed by atoms with Crippen molar-refractivity contribution < 1.29 is 4.79 Å². The van der Waals surface area contributed by atoms with Gasteiger partial charge in [-0.15, -0.1) is 11.3 Å². The average molecular weight is 370 g/mol. The van der Waals surface area contributed by atoms with E-state index in [1.54, 1.807) is 0 Å². The zero-order chi connectivity index (χ0) is 18.0. The van der Waals surface area contributed by atoms with Crippen molar-refractivity contribution in [2.75, 3.05) is 10.6 Å². The van der Waals surface area contributed by atoms with Crippen LogP contribution in [0, 0.1) is 29.0 Å². The zero-order valence-electron chi connectivity index (χ0n) is 14.2. The summed E-state index contributed by atoms with van der Waals surface area (Å²) in [6.45, 7) is 3.96. The Kier molecular flexibility index (Phi) is 5.16. The van der Waals surface area contributed by atoms with E-state index in [4.69, 9.17) is 12.2 Å². The standard InChI is InChI=1S/C19H19N3OS2/c1-11-7-8-16(12(2)9-11)21-19(23)22-17-15(10-20)13-5-3-4-6-14(13)18(24)25-17/h7-9H,3-6H2,1-2H3,(H2,21,22,23). The third kappa shape index (κ3) is 3.73. The summed E-state index contributed by atoms with van der Waals surface area (Å²) >= 11 is 6.80. The lowest BCUT2D eigenvalue weighted by molar-refractivity contribution is 0.262. The molecule has 1 aromatic heterocycles. The number of urea groups is 1. The summed E-state index contributed by atoms with van der Waals surface area (Å²) in [6.07, 6.45) is 3.94. The summed E-state index contributed by atoms with van der Waals surface area (Å²) < 4.78 is 0.774. The lowest BCUT2D eigenvalue weighted by atomic mass is 9.91. The molecule has 0 saturated heterocycles. The molecule has 1 aliphatic carbocycles. The first-order valence-corrected chi connectivity index (χ1v) is 9.46. The van der Waals surface area contributed by atoms with Crippen LogP contribution in [-0.4, -0.2) is 6.03 Å². The first-order valence-electron chi connectivity index (χ1n) is 8.24. The SMILES string of the molecule is Cc1ccc(NC(=O)Nc2sc(=S)c3c(c2C#N)CCCC3)c(C)c1. The van der Waals surface area contributed by atoms with Crippen LogP contribution in [0.4, 0.5) is 15.5 Å². The van der Waals surface area contributed by atoms with E-state index in [2.05, 4.69) is 16.7 Å². The number of hydrogen-bond acceptors (Lipinski definition) is 4. The fraction of sp³-hybridized carbons (Fsp3) is 0.316. The van der Waals surface area contributed by atoms with Gasteiger partial charge in [-0.25, -0.2) is 4.79 Å². The molecule has 1 heterocycles. The molecular weight excluding hydrogens is 350 g/mol. The summed E-state index contributed by atoms with van der Waals surface area (Å²) in [4.78, 5) is 12.4. The molecule has 0 saturated carbocycles. The molecule has 6 heteroatoms. The second-order valence-corrected chi connectivity index (χ2v) is 7.95. The van der Waals surface area contributed by atoms with Crippen LogP contribution in [-0.2, 0) is 12.8 Å². The number of aryl methyl sites for hydroxylation is 2. The average Bonchev–Trinajstić information content (AvgIpc) is 2.58. The molecule has 0 spiro atoms. The quantitative estimate of drug-likeness (QED) is 0.688. The Morgan fingerprint density at radius 3 is 2.60 bits per heavy atom. The number of nitrogens with one attached hydrogen (secondary N) is 2. The van der Waals surface area contributed by atoms with E-state index in [1.165, 1.54) is 11.3 Å². The van der Waals surface area contributed by atoms with Gasteiger partial charge in [0.2, 0.25) is 0 Å². The molecule has 0 atom stereocenters. The maximum Gasteiger partial charge on any atom is 0.324 e. The Morgan fingerprint density at radius 1 is 1.20 bits per heavy atom. The maximum atomic E-state index is 12.4. The molecule has 0 radical (unpaired) electrons. The Hall–Kier alpha value is -2.23. The number of nitriles is 1. The number of carbonyl (C=O) groups is 1. The van der Waals surface area contributed by atoms with Gasteiger partial charge in [-0.3, -0.25) is 5.32 Å². The number of rotatable bonds is 2. The van der Waals surface area contributed by atoms with Crippen molar-refractivity contribution in [1.82, 2.24) is 0 Å². The first-order chi connectivity index (χ1) is 12.0. The molecule has 2 N–H and O–H groups in total. The van der Waals surface area contributed by atoms with E-state index in [0.717, 1.165) is 57.4 Å². The van der Waals surface area contributed by atoms with E-state index in [-0.39, 0.29) is 6.03 Å². The topological polar surface area (TPSA) is 64.9 Å². The number of nitrogens with zero attached hydrogens (tertiary/aromatic N) is 1. The highest BCUT2D eigenvalue weighted by Gasteiger charge is 2.20. The summed E-state index contributed by atoms with van der Waals surface area (Å²) in [7, 11) is 0. The normalized spacial score (nSPS) is 12.8. The minimum atomic E-state index is -0.357. The number of fused-ring (bicyclic) bond motifs is 1. The predicted octanol–water partition coefficient (Wildman–Crippen LogP) is 5.49. The van der Waals surface area contributed by atoms with E-state index in [9.17, 15) is 10.1 Å². The zero-order valence-corrected chi connectivity index (χ0v) is 15.9. The van der Waals surface area contributed by atoms with Crippen LogP contribution in [0.3, 0.4) is 0 Å². The first kappa shape index (κ1) is 17.6. The molecule has 25 heavy (non-hydrogen) atoms. The van der Waals surface area contributed by atoms with E-state index in [1.807, 2.05) is 32.0 Å². The van der Waals surface area contributed by atoms with Crippen molar-refractivity contribution in [1.29, 1.82) is 5.26 Å². The van der Waals surface area contributed by atoms with E-state index in [0.29, 0.717) is 10.6 Å². The smallest absolute Gasteiger partial charge is 0.307 e. The van der Waals surface area contributed by atoms with Gasteiger partial charge in [0.05, 0.1) is 9.39 Å². The number of benzene rings is 1. The minimum Gasteiger partial charge on any atom is -0.307 e. The predicted molar refractivity (Wildman–Crippen MR) is 105 cm³/mol. The summed E-state index contributed by atoms with van der Waals surface area (Å²) in [5.41, 5.74) is 5.58. The molecule has 4 nitrogen and oxygen atoms in total. The van der Waals surface area contributed by atoms with Gasteiger partial charge < -0.3 is 5.32 Å². The fourth-order valence-electron chi connectivity index (χ4n) is 3.17. The molecule has 3 rings (SSSR count). The van der Waals surface area contributed by atoms with Crippen LogP contribution >= 0.6 is 23.6 Å². The van der Waals surface area contributed by atoms with Gasteiger partial charge in [-0.1, -0.05) is 29.9 Å². The van der Waals surface area contributed by atoms with Crippen LogP contribution in [0.15, 0.2) is 18.2 Å². The van der Waals surface area contributed by atoms with Crippen molar-refractivity contribution in [3.63, 3.8) is 0 Å². The Morgan fingerprint density at radius 2 is 1.92 bits per heavy atom. The molecule has 0 bridgehead atoms. The van der Waals surface area contributed by atoms with E-state index < -0.39 is 0 Å². The summed E-state index contributed by atoms with van der Waals surface area (Å²) in [6, 6.07) is 7.75. The number of anilines is 2. The Balaban J connectivity index is 1.87. The molecule has 128 valence electrons. The van der Waals surface area contributed by atoms with Crippen molar-refractivity contribution in [3.05, 3.63) is 49.8 Å². The highest BCUT2D eigenvalue weighted by atomic mass is 32.1. The van der Waals surface area contributed by atoms with Crippen LogP contribution in [0.1, 0.15) is 40.7 Å². The molecule has 2 amide bonds. The maximum absolute atomic E-state index is 12.4. The van der Waals surface area contributed by atoms with Gasteiger partial charge in [0.15, 0.2) is 0 Å². The monoisotopic (exact) mass is 369 g/mol. The van der Waals surface area contributed by atoms with Gasteiger partial charge in [0.25, 0.3) is 0 Å². The largest absolute Gasteiger partial charge is 0.324 e. The van der Waals surface area contributed by atoms with Crippen molar-refractivity contribution in [2.24, 2.45) is 0 Å².